The monoisotopic (exact) mass is 219 g/mol. The smallest absolute Gasteiger partial charge is 0.137 e. The molecule has 1 aromatic rings. The molecule has 0 unspecified atom stereocenters. The molecule has 1 rings (SSSR count). The van der Waals surface area contributed by atoms with Crippen LogP contribution in [0.1, 0.15) is 5.56 Å². The largest absolute Gasteiger partial charge is 0.316 e. The molecule has 2 N–H and O–H groups in total. The van der Waals surface area contributed by atoms with Crippen LogP contribution in [0, 0.1) is 5.82 Å². The highest BCUT2D eigenvalue weighted by molar-refractivity contribution is 9.10. The number of nitrogens with one attached hydrogen (secondary N) is 1. The molecule has 0 atom stereocenters. The van der Waals surface area contributed by atoms with Gasteiger partial charge in [-0.25, -0.2) is 9.87 Å². The highest BCUT2D eigenvalue weighted by atomic mass is 79.9. The summed E-state index contributed by atoms with van der Waals surface area (Å²) in [6.45, 7) is 0.234. The van der Waals surface area contributed by atoms with Gasteiger partial charge in [0, 0.05) is 6.54 Å². The second kappa shape index (κ2) is 3.80. The summed E-state index contributed by atoms with van der Waals surface area (Å²) in [5.41, 5.74) is 2.64. The van der Waals surface area contributed by atoms with Gasteiger partial charge in [-0.2, -0.15) is 0 Å². The van der Waals surface area contributed by atoms with Crippen molar-refractivity contribution in [2.75, 3.05) is 0 Å². The Balaban J connectivity index is 2.96. The molecule has 0 saturated carbocycles. The highest BCUT2D eigenvalue weighted by Crippen LogP contribution is 2.19. The molecule has 4 heteroatoms. The van der Waals surface area contributed by atoms with Crippen LogP contribution in [0.5, 0.6) is 0 Å². The van der Waals surface area contributed by atoms with Gasteiger partial charge in [0.2, 0.25) is 0 Å². The van der Waals surface area contributed by atoms with Gasteiger partial charge in [0.05, 0.1) is 4.47 Å². The molecular formula is C7H7BrFNO. The summed E-state index contributed by atoms with van der Waals surface area (Å²) < 4.78 is 13.1. The predicted molar refractivity (Wildman–Crippen MR) is 42.7 cm³/mol. The van der Waals surface area contributed by atoms with E-state index in [1.807, 2.05) is 5.48 Å². The van der Waals surface area contributed by atoms with Gasteiger partial charge in [-0.1, -0.05) is 12.1 Å². The minimum absolute atomic E-state index is 0.234. The van der Waals surface area contributed by atoms with Crippen molar-refractivity contribution in [2.24, 2.45) is 0 Å². The molecule has 11 heavy (non-hydrogen) atoms. The lowest BCUT2D eigenvalue weighted by molar-refractivity contribution is 0.161. The minimum atomic E-state index is -0.322. The summed E-state index contributed by atoms with van der Waals surface area (Å²) in [6.07, 6.45) is 0. The lowest BCUT2D eigenvalue weighted by Gasteiger charge is -2.02. The summed E-state index contributed by atoms with van der Waals surface area (Å²) in [7, 11) is 0. The van der Waals surface area contributed by atoms with Crippen LogP contribution in [-0.4, -0.2) is 5.21 Å². The van der Waals surface area contributed by atoms with Crippen molar-refractivity contribution in [3.63, 3.8) is 0 Å². The Morgan fingerprint density at radius 1 is 1.55 bits per heavy atom. The van der Waals surface area contributed by atoms with Crippen molar-refractivity contribution in [3.05, 3.63) is 34.1 Å². The van der Waals surface area contributed by atoms with Gasteiger partial charge in [-0.05, 0) is 27.6 Å². The Morgan fingerprint density at radius 3 is 2.91 bits per heavy atom. The molecule has 1 aromatic carbocycles. The third-order valence-corrected chi connectivity index (χ3v) is 2.19. The fourth-order valence-corrected chi connectivity index (χ4v) is 1.17. The van der Waals surface area contributed by atoms with Crippen LogP contribution in [-0.2, 0) is 6.54 Å². The van der Waals surface area contributed by atoms with Crippen LogP contribution < -0.4 is 5.48 Å². The number of hydrogen-bond donors (Lipinski definition) is 2. The van der Waals surface area contributed by atoms with E-state index in [2.05, 4.69) is 15.9 Å². The number of benzene rings is 1. The Kier molecular flexibility index (Phi) is 2.99. The summed E-state index contributed by atoms with van der Waals surface area (Å²) in [4.78, 5) is 0. The van der Waals surface area contributed by atoms with Crippen molar-refractivity contribution in [3.8, 4) is 0 Å². The van der Waals surface area contributed by atoms with E-state index in [-0.39, 0.29) is 12.4 Å². The molecule has 0 bridgehead atoms. The van der Waals surface area contributed by atoms with Gasteiger partial charge in [-0.15, -0.1) is 0 Å². The number of halogens is 2. The maximum atomic E-state index is 12.7. The van der Waals surface area contributed by atoms with Crippen LogP contribution in [0.3, 0.4) is 0 Å². The van der Waals surface area contributed by atoms with Gasteiger partial charge in [0.25, 0.3) is 0 Å². The maximum Gasteiger partial charge on any atom is 0.137 e. The first-order chi connectivity index (χ1) is 5.25. The molecule has 2 nitrogen and oxygen atoms in total. The zero-order chi connectivity index (χ0) is 8.27. The van der Waals surface area contributed by atoms with Gasteiger partial charge in [0.15, 0.2) is 0 Å². The number of hydrogen-bond acceptors (Lipinski definition) is 2. The number of hydroxylamine groups is 1. The van der Waals surface area contributed by atoms with Crippen LogP contribution in [0.2, 0.25) is 0 Å². The minimum Gasteiger partial charge on any atom is -0.316 e. The summed E-state index contributed by atoms with van der Waals surface area (Å²) in [6, 6.07) is 4.66. The molecule has 0 radical (unpaired) electrons. The first-order valence-electron chi connectivity index (χ1n) is 3.05. The average Bonchev–Trinajstić information content (AvgIpc) is 1.99. The van der Waals surface area contributed by atoms with Crippen molar-refractivity contribution in [1.82, 2.24) is 5.48 Å². The molecule has 60 valence electrons. The van der Waals surface area contributed by atoms with Gasteiger partial charge in [0.1, 0.15) is 5.82 Å². The zero-order valence-electron chi connectivity index (χ0n) is 5.64. The zero-order valence-corrected chi connectivity index (χ0v) is 7.23. The Labute approximate surface area is 72.1 Å². The van der Waals surface area contributed by atoms with Crippen molar-refractivity contribution in [1.29, 1.82) is 0 Å². The van der Waals surface area contributed by atoms with E-state index >= 15 is 0 Å². The maximum absolute atomic E-state index is 12.7. The third kappa shape index (κ3) is 1.99. The highest BCUT2D eigenvalue weighted by Gasteiger charge is 2.02. The normalized spacial score (nSPS) is 10.1. The molecular weight excluding hydrogens is 213 g/mol. The van der Waals surface area contributed by atoms with Gasteiger partial charge >= 0.3 is 0 Å². The van der Waals surface area contributed by atoms with Crippen LogP contribution in [0.15, 0.2) is 22.7 Å². The van der Waals surface area contributed by atoms with Crippen LogP contribution >= 0.6 is 15.9 Å². The molecule has 0 spiro atoms. The molecule has 0 aliphatic rings. The van der Waals surface area contributed by atoms with E-state index in [9.17, 15) is 4.39 Å². The van der Waals surface area contributed by atoms with Gasteiger partial charge < -0.3 is 5.21 Å². The topological polar surface area (TPSA) is 32.3 Å². The fourth-order valence-electron chi connectivity index (χ4n) is 0.770. The molecule has 0 fully saturated rings. The van der Waals surface area contributed by atoms with Crippen molar-refractivity contribution >= 4 is 15.9 Å². The second-order valence-electron chi connectivity index (χ2n) is 2.05. The van der Waals surface area contributed by atoms with Crippen LogP contribution in [0.25, 0.3) is 0 Å². The molecule has 0 aliphatic carbocycles. The van der Waals surface area contributed by atoms with Crippen molar-refractivity contribution < 1.29 is 9.60 Å². The first kappa shape index (κ1) is 8.64. The first-order valence-corrected chi connectivity index (χ1v) is 3.85. The van der Waals surface area contributed by atoms with E-state index in [1.54, 1.807) is 12.1 Å². The van der Waals surface area contributed by atoms with Crippen molar-refractivity contribution in [2.45, 2.75) is 6.54 Å². The second-order valence-corrected chi connectivity index (χ2v) is 2.84. The predicted octanol–water partition coefficient (Wildman–Crippen LogP) is 2.07. The van der Waals surface area contributed by atoms with E-state index in [4.69, 9.17) is 5.21 Å². The summed E-state index contributed by atoms with van der Waals surface area (Å²) in [5, 5.41) is 8.34. The molecule has 0 aliphatic heterocycles. The summed E-state index contributed by atoms with van der Waals surface area (Å²) >= 11 is 3.06. The molecule has 0 saturated heterocycles. The quantitative estimate of drug-likeness (QED) is 0.747. The Morgan fingerprint density at radius 2 is 2.27 bits per heavy atom. The van der Waals surface area contributed by atoms with Gasteiger partial charge in [-0.3, -0.25) is 0 Å². The lowest BCUT2D eigenvalue weighted by atomic mass is 10.2. The average molecular weight is 220 g/mol. The lowest BCUT2D eigenvalue weighted by Crippen LogP contribution is -2.06. The molecule has 0 aromatic heterocycles. The fraction of sp³-hybridized carbons (Fsp3) is 0.143. The number of rotatable bonds is 2. The Hall–Kier alpha value is -0.450. The molecule has 0 heterocycles. The van der Waals surface area contributed by atoms with E-state index in [0.29, 0.717) is 10.0 Å². The van der Waals surface area contributed by atoms with Crippen LogP contribution in [0.4, 0.5) is 4.39 Å². The third-order valence-electron chi connectivity index (χ3n) is 1.30. The van der Waals surface area contributed by atoms with E-state index < -0.39 is 0 Å². The van der Waals surface area contributed by atoms with E-state index in [0.717, 1.165) is 0 Å². The standard InChI is InChI=1S/C7H7BrFNO/c8-7-5(4-10-11)2-1-3-6(7)9/h1-3,10-11H,4H2. The Bertz CT molecular complexity index is 254. The SMILES string of the molecule is ONCc1cccc(F)c1Br. The molecule has 0 amide bonds. The van der Waals surface area contributed by atoms with E-state index in [1.165, 1.54) is 6.07 Å². The summed E-state index contributed by atoms with van der Waals surface area (Å²) in [5.74, 6) is -0.322.